The number of hydrogen-bond acceptors (Lipinski definition) is 4. The number of anilines is 2. The molecule has 1 amide bonds. The topological polar surface area (TPSA) is 69.7 Å². The summed E-state index contributed by atoms with van der Waals surface area (Å²) < 4.78 is 26.0. The lowest BCUT2D eigenvalue weighted by Gasteiger charge is -2.29. The number of sulfonamides is 1. The number of rotatable bonds is 8. The first-order chi connectivity index (χ1) is 13.1. The van der Waals surface area contributed by atoms with E-state index in [4.69, 9.17) is 0 Å². The molecule has 0 aromatic heterocycles. The molecule has 1 unspecified atom stereocenters. The molecule has 0 aliphatic carbocycles. The van der Waals surface area contributed by atoms with Crippen LogP contribution in [0, 0.1) is 13.8 Å². The third-order valence-corrected chi connectivity index (χ3v) is 5.73. The van der Waals surface area contributed by atoms with Crippen molar-refractivity contribution in [2.75, 3.05) is 35.6 Å². The molecule has 28 heavy (non-hydrogen) atoms. The van der Waals surface area contributed by atoms with Crippen molar-refractivity contribution in [1.29, 1.82) is 0 Å². The van der Waals surface area contributed by atoms with E-state index in [2.05, 4.69) is 5.32 Å². The van der Waals surface area contributed by atoms with Crippen LogP contribution in [-0.2, 0) is 14.8 Å². The predicted octanol–water partition coefficient (Wildman–Crippen LogP) is 2.71. The average molecular weight is 404 g/mol. The van der Waals surface area contributed by atoms with Gasteiger partial charge < -0.3 is 10.2 Å². The van der Waals surface area contributed by atoms with Crippen molar-refractivity contribution in [2.24, 2.45) is 0 Å². The normalized spacial score (nSPS) is 12.3. The van der Waals surface area contributed by atoms with Crippen molar-refractivity contribution in [1.82, 2.24) is 5.32 Å². The van der Waals surface area contributed by atoms with Crippen molar-refractivity contribution >= 4 is 27.3 Å². The standard InChI is InChI=1S/C21H29N3O3S/c1-16-13-17(2)15-20(14-16)24(28(5,26)27)18(3)21(25)22-11-12-23(4)19-9-7-6-8-10-19/h6-10,13-15,18H,11-12H2,1-5H3,(H,22,25). The number of benzene rings is 2. The molecule has 0 radical (unpaired) electrons. The second-order valence-corrected chi connectivity index (χ2v) is 8.99. The highest BCUT2D eigenvalue weighted by molar-refractivity contribution is 7.92. The van der Waals surface area contributed by atoms with Gasteiger partial charge in [-0.05, 0) is 56.2 Å². The summed E-state index contributed by atoms with van der Waals surface area (Å²) in [5.74, 6) is -0.328. The maximum atomic E-state index is 12.7. The number of para-hydroxylation sites is 1. The van der Waals surface area contributed by atoms with Crippen LogP contribution in [0.15, 0.2) is 48.5 Å². The average Bonchev–Trinajstić information content (AvgIpc) is 2.60. The fourth-order valence-electron chi connectivity index (χ4n) is 3.19. The second-order valence-electron chi connectivity index (χ2n) is 7.13. The van der Waals surface area contributed by atoms with Crippen LogP contribution < -0.4 is 14.5 Å². The Morgan fingerprint density at radius 2 is 1.61 bits per heavy atom. The summed E-state index contributed by atoms with van der Waals surface area (Å²) in [6.45, 7) is 6.45. The molecule has 0 spiro atoms. The van der Waals surface area contributed by atoms with Gasteiger partial charge in [-0.3, -0.25) is 9.10 Å². The Morgan fingerprint density at radius 1 is 1.04 bits per heavy atom. The predicted molar refractivity (Wildman–Crippen MR) is 115 cm³/mol. The Morgan fingerprint density at radius 3 is 2.14 bits per heavy atom. The van der Waals surface area contributed by atoms with Gasteiger partial charge in [0.15, 0.2) is 0 Å². The molecule has 7 heteroatoms. The molecule has 0 aliphatic heterocycles. The fraction of sp³-hybridized carbons (Fsp3) is 0.381. The number of amides is 1. The maximum Gasteiger partial charge on any atom is 0.243 e. The molecular weight excluding hydrogens is 374 g/mol. The number of likely N-dealkylation sites (N-methyl/N-ethyl adjacent to an activating group) is 1. The number of hydrogen-bond donors (Lipinski definition) is 1. The maximum absolute atomic E-state index is 12.7. The molecule has 1 atom stereocenters. The van der Waals surface area contributed by atoms with Crippen molar-refractivity contribution < 1.29 is 13.2 Å². The third-order valence-electron chi connectivity index (χ3n) is 4.49. The summed E-state index contributed by atoms with van der Waals surface area (Å²) in [6.07, 6.45) is 1.12. The summed E-state index contributed by atoms with van der Waals surface area (Å²) in [6, 6.07) is 14.5. The molecule has 0 saturated heterocycles. The molecule has 152 valence electrons. The first-order valence-electron chi connectivity index (χ1n) is 9.21. The molecule has 0 saturated carbocycles. The van der Waals surface area contributed by atoms with E-state index >= 15 is 0 Å². The lowest BCUT2D eigenvalue weighted by Crippen LogP contribution is -2.49. The molecule has 2 rings (SSSR count). The highest BCUT2D eigenvalue weighted by atomic mass is 32.2. The molecule has 0 aliphatic rings. The summed E-state index contributed by atoms with van der Waals surface area (Å²) in [4.78, 5) is 14.7. The molecule has 2 aromatic rings. The van der Waals surface area contributed by atoms with Crippen LogP contribution in [0.3, 0.4) is 0 Å². The zero-order valence-corrected chi connectivity index (χ0v) is 18.0. The number of aryl methyl sites for hydroxylation is 2. The van der Waals surface area contributed by atoms with Gasteiger partial charge in [-0.15, -0.1) is 0 Å². The monoisotopic (exact) mass is 403 g/mol. The Labute approximate surface area is 168 Å². The number of carbonyl (C=O) groups excluding carboxylic acids is 1. The van der Waals surface area contributed by atoms with Crippen LogP contribution in [-0.4, -0.2) is 46.8 Å². The molecule has 6 nitrogen and oxygen atoms in total. The van der Waals surface area contributed by atoms with E-state index in [1.165, 1.54) is 4.31 Å². The SMILES string of the molecule is Cc1cc(C)cc(N(C(C)C(=O)NCCN(C)c2ccccc2)S(C)(=O)=O)c1. The summed E-state index contributed by atoms with van der Waals surface area (Å²) in [7, 11) is -1.67. The van der Waals surface area contributed by atoms with Crippen LogP contribution in [0.4, 0.5) is 11.4 Å². The van der Waals surface area contributed by atoms with Crippen LogP contribution in [0.5, 0.6) is 0 Å². The van der Waals surface area contributed by atoms with E-state index in [9.17, 15) is 13.2 Å². The van der Waals surface area contributed by atoms with Crippen molar-refractivity contribution in [3.63, 3.8) is 0 Å². The Kier molecular flexibility index (Phi) is 7.07. The van der Waals surface area contributed by atoms with Gasteiger partial charge in [-0.25, -0.2) is 8.42 Å². The van der Waals surface area contributed by atoms with Crippen LogP contribution in [0.25, 0.3) is 0 Å². The van der Waals surface area contributed by atoms with Gasteiger partial charge in [-0.1, -0.05) is 24.3 Å². The van der Waals surface area contributed by atoms with E-state index in [-0.39, 0.29) is 5.91 Å². The minimum absolute atomic E-state index is 0.328. The minimum atomic E-state index is -3.62. The Bertz CT molecular complexity index is 893. The quantitative estimate of drug-likeness (QED) is 0.736. The fourth-order valence-corrected chi connectivity index (χ4v) is 4.35. The molecule has 1 N–H and O–H groups in total. The summed E-state index contributed by atoms with van der Waals surface area (Å²) in [5.41, 5.74) is 3.45. The lowest BCUT2D eigenvalue weighted by molar-refractivity contribution is -0.121. The smallest absolute Gasteiger partial charge is 0.243 e. The van der Waals surface area contributed by atoms with Gasteiger partial charge in [0.1, 0.15) is 6.04 Å². The first-order valence-corrected chi connectivity index (χ1v) is 11.1. The van der Waals surface area contributed by atoms with E-state index in [1.54, 1.807) is 19.1 Å². The molecular formula is C21H29N3O3S. The largest absolute Gasteiger partial charge is 0.373 e. The van der Waals surface area contributed by atoms with Gasteiger partial charge >= 0.3 is 0 Å². The zero-order valence-electron chi connectivity index (χ0n) is 17.1. The first kappa shape index (κ1) is 21.8. The third kappa shape index (κ3) is 5.73. The van der Waals surface area contributed by atoms with Crippen LogP contribution in [0.1, 0.15) is 18.1 Å². The van der Waals surface area contributed by atoms with Crippen LogP contribution in [0.2, 0.25) is 0 Å². The second kappa shape index (κ2) is 9.10. The van der Waals surface area contributed by atoms with Crippen LogP contribution >= 0.6 is 0 Å². The molecule has 0 bridgehead atoms. The highest BCUT2D eigenvalue weighted by Crippen LogP contribution is 2.23. The minimum Gasteiger partial charge on any atom is -0.373 e. The van der Waals surface area contributed by atoms with E-state index < -0.39 is 16.1 Å². The molecule has 0 heterocycles. The van der Waals surface area contributed by atoms with E-state index in [1.807, 2.05) is 62.2 Å². The Hall–Kier alpha value is -2.54. The van der Waals surface area contributed by atoms with Crippen molar-refractivity contribution in [2.45, 2.75) is 26.8 Å². The number of nitrogens with one attached hydrogen (secondary N) is 1. The van der Waals surface area contributed by atoms with E-state index in [0.717, 1.165) is 23.1 Å². The molecule has 0 fully saturated rings. The number of nitrogens with zero attached hydrogens (tertiary/aromatic N) is 2. The van der Waals surface area contributed by atoms with Gasteiger partial charge in [0.2, 0.25) is 15.9 Å². The Balaban J connectivity index is 2.07. The number of carbonyl (C=O) groups is 1. The summed E-state index contributed by atoms with van der Waals surface area (Å²) in [5, 5.41) is 2.85. The van der Waals surface area contributed by atoms with Gasteiger partial charge in [0, 0.05) is 25.8 Å². The molecule has 2 aromatic carbocycles. The van der Waals surface area contributed by atoms with Gasteiger partial charge in [0.05, 0.1) is 11.9 Å². The van der Waals surface area contributed by atoms with Gasteiger partial charge in [-0.2, -0.15) is 0 Å². The summed E-state index contributed by atoms with van der Waals surface area (Å²) >= 11 is 0. The van der Waals surface area contributed by atoms with Crippen molar-refractivity contribution in [3.8, 4) is 0 Å². The van der Waals surface area contributed by atoms with Crippen molar-refractivity contribution in [3.05, 3.63) is 59.7 Å². The van der Waals surface area contributed by atoms with Gasteiger partial charge in [0.25, 0.3) is 0 Å². The highest BCUT2D eigenvalue weighted by Gasteiger charge is 2.29. The van der Waals surface area contributed by atoms with E-state index in [0.29, 0.717) is 18.8 Å². The lowest BCUT2D eigenvalue weighted by atomic mass is 10.1. The zero-order chi connectivity index (χ0) is 20.9.